The summed E-state index contributed by atoms with van der Waals surface area (Å²) >= 11 is 0. The topological polar surface area (TPSA) is 46.8 Å². The van der Waals surface area contributed by atoms with Gasteiger partial charge < -0.3 is 9.84 Å². The Morgan fingerprint density at radius 2 is 1.77 bits per heavy atom. The summed E-state index contributed by atoms with van der Waals surface area (Å²) in [7, 11) is 0. The lowest BCUT2D eigenvalue weighted by atomic mass is 9.95. The van der Waals surface area contributed by atoms with Crippen molar-refractivity contribution >= 4 is 5.65 Å². The van der Waals surface area contributed by atoms with Gasteiger partial charge in [-0.25, -0.2) is 4.98 Å². The molecule has 2 aromatic carbocycles. The van der Waals surface area contributed by atoms with Crippen molar-refractivity contribution in [3.63, 3.8) is 0 Å². The average molecular weight is 405 g/mol. The normalized spacial score (nSPS) is 16.3. The molecule has 2 heterocycles. The van der Waals surface area contributed by atoms with Gasteiger partial charge in [0.15, 0.2) is 0 Å². The second kappa shape index (κ2) is 7.62. The van der Waals surface area contributed by atoms with E-state index in [1.165, 1.54) is 6.92 Å². The summed E-state index contributed by atoms with van der Waals surface area (Å²) < 4.78 is 37.8. The molecule has 2 aromatic heterocycles. The summed E-state index contributed by atoms with van der Waals surface area (Å²) in [4.78, 5) is 4.55. The Labute approximate surface area is 183 Å². The van der Waals surface area contributed by atoms with Gasteiger partial charge in [-0.15, -0.1) is 0 Å². The molecule has 4 aromatic rings. The number of aryl methyl sites for hydroxylation is 1. The van der Waals surface area contributed by atoms with Crippen LogP contribution in [0.5, 0.6) is 5.75 Å². The van der Waals surface area contributed by atoms with Crippen LogP contribution in [0.15, 0.2) is 67.0 Å². The first-order valence-electron chi connectivity index (χ1n) is 11.9. The van der Waals surface area contributed by atoms with E-state index in [9.17, 15) is 5.11 Å². The lowest BCUT2D eigenvalue weighted by Gasteiger charge is -2.18. The molecule has 0 aliphatic carbocycles. The monoisotopic (exact) mass is 404 g/mol. The fraction of sp³-hybridized carbons (Fsp3) is 0.269. The molecule has 0 aliphatic heterocycles. The van der Waals surface area contributed by atoms with Gasteiger partial charge in [-0.1, -0.05) is 24.3 Å². The van der Waals surface area contributed by atoms with Crippen molar-refractivity contribution in [2.45, 2.75) is 46.2 Å². The van der Waals surface area contributed by atoms with Crippen molar-refractivity contribution in [1.29, 1.82) is 0 Å². The molecule has 30 heavy (non-hydrogen) atoms. The van der Waals surface area contributed by atoms with E-state index in [0.29, 0.717) is 5.75 Å². The molecular formula is C26H28N2O2. The van der Waals surface area contributed by atoms with Crippen molar-refractivity contribution < 1.29 is 15.3 Å². The van der Waals surface area contributed by atoms with E-state index >= 15 is 0 Å². The first-order chi connectivity index (χ1) is 15.8. The van der Waals surface area contributed by atoms with Crippen LogP contribution in [0.2, 0.25) is 0 Å². The molecule has 0 aliphatic rings. The lowest BCUT2D eigenvalue weighted by molar-refractivity contribution is 0.0786. The minimum absolute atomic E-state index is 0.314. The molecule has 4 rings (SSSR count). The molecule has 1 atom stereocenters. The fourth-order valence-corrected chi connectivity index (χ4v) is 3.56. The Hall–Kier alpha value is -3.11. The predicted octanol–water partition coefficient (Wildman–Crippen LogP) is 5.99. The van der Waals surface area contributed by atoms with Crippen LogP contribution in [0, 0.1) is 6.92 Å². The van der Waals surface area contributed by atoms with Crippen LogP contribution in [-0.2, 0) is 5.60 Å². The SMILES string of the molecule is [2H]C([2H])([2H])C([2H])(C)Oc1ccc(-c2cnc3cc(C)c(-c4ccc(C(C)(C)O)cc4)cn23)cc1. The lowest BCUT2D eigenvalue weighted by Crippen LogP contribution is -2.14. The predicted molar refractivity (Wildman–Crippen MR) is 122 cm³/mol. The van der Waals surface area contributed by atoms with Crippen LogP contribution >= 0.6 is 0 Å². The van der Waals surface area contributed by atoms with E-state index in [2.05, 4.69) is 4.98 Å². The number of imidazole rings is 1. The third kappa shape index (κ3) is 3.96. The molecule has 1 unspecified atom stereocenters. The van der Waals surface area contributed by atoms with Crippen molar-refractivity contribution in [2.75, 3.05) is 0 Å². The van der Waals surface area contributed by atoms with Gasteiger partial charge in [0.2, 0.25) is 0 Å². The maximum absolute atomic E-state index is 10.2. The van der Waals surface area contributed by atoms with Gasteiger partial charge >= 0.3 is 0 Å². The number of pyridine rings is 1. The molecule has 4 heteroatoms. The first kappa shape index (κ1) is 15.7. The standard InChI is InChI=1S/C26H28N2O2/c1-17(2)30-22-12-8-20(9-13-22)24-15-27-25-14-18(3)23(16-28(24)25)19-6-10-21(11-7-19)26(4,5)29/h6-17,29H,1-5H3/i1D3,17D. The highest BCUT2D eigenvalue weighted by atomic mass is 16.5. The maximum Gasteiger partial charge on any atom is 0.137 e. The largest absolute Gasteiger partial charge is 0.491 e. The van der Waals surface area contributed by atoms with Gasteiger partial charge in [0, 0.05) is 21.4 Å². The average Bonchev–Trinajstić information content (AvgIpc) is 3.15. The van der Waals surface area contributed by atoms with E-state index in [1.54, 1.807) is 32.2 Å². The van der Waals surface area contributed by atoms with E-state index in [1.807, 2.05) is 60.0 Å². The van der Waals surface area contributed by atoms with Gasteiger partial charge in [0.1, 0.15) is 11.4 Å². The zero-order valence-corrected chi connectivity index (χ0v) is 17.6. The van der Waals surface area contributed by atoms with E-state index in [0.717, 1.165) is 39.2 Å². The van der Waals surface area contributed by atoms with E-state index in [4.69, 9.17) is 10.2 Å². The van der Waals surface area contributed by atoms with Crippen LogP contribution in [-0.4, -0.2) is 20.6 Å². The molecule has 0 amide bonds. The van der Waals surface area contributed by atoms with Crippen molar-refractivity contribution in [3.05, 3.63) is 78.1 Å². The molecule has 4 nitrogen and oxygen atoms in total. The van der Waals surface area contributed by atoms with Crippen LogP contribution in [0.3, 0.4) is 0 Å². The third-order valence-corrected chi connectivity index (χ3v) is 5.18. The summed E-state index contributed by atoms with van der Waals surface area (Å²) in [5.41, 5.74) is 5.70. The molecule has 154 valence electrons. The number of hydrogen-bond acceptors (Lipinski definition) is 3. The highest BCUT2D eigenvalue weighted by molar-refractivity contribution is 5.72. The zero-order chi connectivity index (χ0) is 24.9. The summed E-state index contributed by atoms with van der Waals surface area (Å²) in [5, 5.41) is 10.2. The number of ether oxygens (including phenoxy) is 1. The molecule has 0 fully saturated rings. The van der Waals surface area contributed by atoms with E-state index < -0.39 is 18.5 Å². The summed E-state index contributed by atoms with van der Waals surface area (Å²) in [6.45, 7) is 4.24. The minimum atomic E-state index is -2.56. The van der Waals surface area contributed by atoms with Gasteiger partial charge in [-0.3, -0.25) is 4.40 Å². The quantitative estimate of drug-likeness (QED) is 0.444. The molecular weight excluding hydrogens is 372 g/mol. The van der Waals surface area contributed by atoms with Crippen molar-refractivity contribution in [2.24, 2.45) is 0 Å². The number of aromatic nitrogens is 2. The van der Waals surface area contributed by atoms with Crippen molar-refractivity contribution in [1.82, 2.24) is 9.38 Å². The van der Waals surface area contributed by atoms with Crippen LogP contribution in [0.1, 0.15) is 44.2 Å². The van der Waals surface area contributed by atoms with Crippen LogP contribution < -0.4 is 4.74 Å². The molecule has 0 spiro atoms. The number of hydrogen-bond donors (Lipinski definition) is 1. The molecule has 1 N–H and O–H groups in total. The number of aliphatic hydroxyl groups is 1. The Morgan fingerprint density at radius 3 is 2.40 bits per heavy atom. The molecule has 0 saturated carbocycles. The second-order valence-corrected chi connectivity index (χ2v) is 8.06. The second-order valence-electron chi connectivity index (χ2n) is 8.06. The smallest absolute Gasteiger partial charge is 0.137 e. The number of fused-ring (bicyclic) bond motifs is 1. The van der Waals surface area contributed by atoms with Gasteiger partial charge in [0.05, 0.1) is 24.9 Å². The summed E-state index contributed by atoms with van der Waals surface area (Å²) in [6.07, 6.45) is 1.81. The Kier molecular flexibility index (Phi) is 3.98. The number of nitrogens with zero attached hydrogens (tertiary/aromatic N) is 2. The number of benzene rings is 2. The Bertz CT molecular complexity index is 1320. The molecule has 0 bridgehead atoms. The maximum atomic E-state index is 10.2. The molecule has 0 radical (unpaired) electrons. The van der Waals surface area contributed by atoms with Crippen LogP contribution in [0.4, 0.5) is 0 Å². The van der Waals surface area contributed by atoms with E-state index in [-0.39, 0.29) is 0 Å². The zero-order valence-electron chi connectivity index (χ0n) is 21.6. The highest BCUT2D eigenvalue weighted by Crippen LogP contribution is 2.30. The third-order valence-electron chi connectivity index (χ3n) is 5.18. The summed E-state index contributed by atoms with van der Waals surface area (Å²) in [6, 6.07) is 16.9. The Balaban J connectivity index is 1.68. The highest BCUT2D eigenvalue weighted by Gasteiger charge is 2.16. The fourth-order valence-electron chi connectivity index (χ4n) is 3.56. The van der Waals surface area contributed by atoms with Gasteiger partial charge in [-0.2, -0.15) is 0 Å². The summed E-state index contributed by atoms with van der Waals surface area (Å²) in [5.74, 6) is 0.314. The Morgan fingerprint density at radius 1 is 1.10 bits per heavy atom. The minimum Gasteiger partial charge on any atom is -0.491 e. The van der Waals surface area contributed by atoms with Crippen LogP contribution in [0.25, 0.3) is 28.0 Å². The van der Waals surface area contributed by atoms with Gasteiger partial charge in [-0.05, 0) is 81.6 Å². The number of rotatable bonds is 5. The van der Waals surface area contributed by atoms with Gasteiger partial charge in [0.25, 0.3) is 0 Å². The van der Waals surface area contributed by atoms with Crippen molar-refractivity contribution in [3.8, 4) is 28.1 Å². The molecule has 0 saturated heterocycles. The first-order valence-corrected chi connectivity index (χ1v) is 9.87.